The summed E-state index contributed by atoms with van der Waals surface area (Å²) in [5.41, 5.74) is 7.47. The van der Waals surface area contributed by atoms with Crippen LogP contribution >= 0.6 is 11.8 Å². The second-order valence-electron chi connectivity index (χ2n) is 4.11. The number of hydrogen-bond donors (Lipinski definition) is 1. The third-order valence-electron chi connectivity index (χ3n) is 2.76. The average molecular weight is 288 g/mol. The lowest BCUT2D eigenvalue weighted by Gasteiger charge is -2.09. The van der Waals surface area contributed by atoms with Crippen LogP contribution in [0.4, 0.5) is 10.1 Å². The minimum Gasteiger partial charge on any atom is -0.496 e. The molecule has 2 aromatic rings. The van der Waals surface area contributed by atoms with Gasteiger partial charge in [0.15, 0.2) is 0 Å². The summed E-state index contributed by atoms with van der Waals surface area (Å²) in [5, 5.41) is 9.01. The van der Waals surface area contributed by atoms with Gasteiger partial charge in [-0.25, -0.2) is 4.39 Å². The number of halogens is 1. The number of nitrogens with two attached hydrogens (primary N) is 1. The lowest BCUT2D eigenvalue weighted by atomic mass is 10.1. The Morgan fingerprint density at radius 2 is 2.10 bits per heavy atom. The number of methoxy groups -OCH3 is 1. The van der Waals surface area contributed by atoms with Crippen molar-refractivity contribution in [3.63, 3.8) is 0 Å². The second kappa shape index (κ2) is 6.31. The number of thioether (sulfide) groups is 1. The van der Waals surface area contributed by atoms with Gasteiger partial charge in [0.05, 0.1) is 18.7 Å². The third-order valence-corrected chi connectivity index (χ3v) is 3.87. The molecule has 0 bridgehead atoms. The van der Waals surface area contributed by atoms with E-state index in [9.17, 15) is 4.39 Å². The highest BCUT2D eigenvalue weighted by Crippen LogP contribution is 2.33. The quantitative estimate of drug-likeness (QED) is 0.690. The van der Waals surface area contributed by atoms with Crippen molar-refractivity contribution >= 4 is 17.4 Å². The van der Waals surface area contributed by atoms with Crippen LogP contribution in [-0.2, 0) is 5.75 Å². The van der Waals surface area contributed by atoms with E-state index < -0.39 is 5.82 Å². The average Bonchev–Trinajstić information content (AvgIpc) is 2.46. The fourth-order valence-electron chi connectivity index (χ4n) is 1.74. The van der Waals surface area contributed by atoms with Crippen molar-refractivity contribution in [1.29, 1.82) is 5.26 Å². The van der Waals surface area contributed by atoms with Crippen LogP contribution in [-0.4, -0.2) is 7.11 Å². The molecule has 2 N–H and O–H groups in total. The van der Waals surface area contributed by atoms with Gasteiger partial charge in [-0.3, -0.25) is 0 Å². The van der Waals surface area contributed by atoms with Crippen molar-refractivity contribution < 1.29 is 9.13 Å². The molecule has 20 heavy (non-hydrogen) atoms. The van der Waals surface area contributed by atoms with Crippen LogP contribution in [0.15, 0.2) is 41.3 Å². The Labute approximate surface area is 121 Å². The van der Waals surface area contributed by atoms with E-state index >= 15 is 0 Å². The van der Waals surface area contributed by atoms with Gasteiger partial charge in [0, 0.05) is 22.4 Å². The molecule has 0 saturated heterocycles. The fraction of sp³-hybridized carbons (Fsp3) is 0.133. The van der Waals surface area contributed by atoms with Crippen LogP contribution < -0.4 is 10.5 Å². The van der Waals surface area contributed by atoms with Crippen molar-refractivity contribution in [3.8, 4) is 11.8 Å². The smallest absolute Gasteiger partial charge is 0.134 e. The molecule has 0 aromatic heterocycles. The zero-order valence-electron chi connectivity index (χ0n) is 10.9. The zero-order chi connectivity index (χ0) is 14.5. The minimum absolute atomic E-state index is 0.354. The molecule has 3 nitrogen and oxygen atoms in total. The first-order valence-corrected chi connectivity index (χ1v) is 6.87. The normalized spacial score (nSPS) is 10.1. The Balaban J connectivity index is 2.19. The van der Waals surface area contributed by atoms with Gasteiger partial charge in [-0.2, -0.15) is 5.26 Å². The number of anilines is 1. The van der Waals surface area contributed by atoms with Crippen molar-refractivity contribution in [2.75, 3.05) is 12.8 Å². The third kappa shape index (κ3) is 3.22. The van der Waals surface area contributed by atoms with Crippen molar-refractivity contribution in [2.45, 2.75) is 10.6 Å². The molecule has 5 heteroatoms. The molecule has 0 amide bonds. The van der Waals surface area contributed by atoms with Gasteiger partial charge in [0.1, 0.15) is 11.6 Å². The number of nitrogens with zero attached hydrogens (tertiary/aromatic N) is 1. The Bertz CT molecular complexity index is 667. The van der Waals surface area contributed by atoms with Crippen LogP contribution in [0.2, 0.25) is 0 Å². The summed E-state index contributed by atoms with van der Waals surface area (Å²) in [5.74, 6) is 0.847. The molecular weight excluding hydrogens is 275 g/mol. The van der Waals surface area contributed by atoms with Crippen LogP contribution in [0.25, 0.3) is 0 Å². The van der Waals surface area contributed by atoms with Gasteiger partial charge < -0.3 is 10.5 Å². The predicted octanol–water partition coefficient (Wildman–Crippen LogP) is 3.58. The fourth-order valence-corrected chi connectivity index (χ4v) is 2.75. The van der Waals surface area contributed by atoms with Crippen molar-refractivity contribution in [2.24, 2.45) is 0 Å². The number of ether oxygens (including phenoxy) is 1. The maximum absolute atomic E-state index is 13.1. The number of nitriles is 1. The Hall–Kier alpha value is -2.19. The molecule has 0 saturated carbocycles. The molecule has 0 aliphatic carbocycles. The van der Waals surface area contributed by atoms with Gasteiger partial charge >= 0.3 is 0 Å². The van der Waals surface area contributed by atoms with Gasteiger partial charge in [0.2, 0.25) is 0 Å². The molecule has 2 rings (SSSR count). The van der Waals surface area contributed by atoms with Crippen LogP contribution in [0.1, 0.15) is 11.1 Å². The van der Waals surface area contributed by atoms with Crippen molar-refractivity contribution in [1.82, 2.24) is 0 Å². The molecule has 2 aromatic carbocycles. The molecule has 0 fully saturated rings. The van der Waals surface area contributed by atoms with E-state index in [4.69, 9.17) is 15.7 Å². The van der Waals surface area contributed by atoms with Crippen LogP contribution in [0.5, 0.6) is 5.75 Å². The molecule has 0 radical (unpaired) electrons. The molecule has 0 unspecified atom stereocenters. The van der Waals surface area contributed by atoms with Gasteiger partial charge in [-0.15, -0.1) is 11.8 Å². The number of hydrogen-bond acceptors (Lipinski definition) is 4. The number of nitrogen functional groups attached to an aromatic ring is 1. The monoisotopic (exact) mass is 288 g/mol. The maximum atomic E-state index is 13.1. The zero-order valence-corrected chi connectivity index (χ0v) is 11.7. The molecule has 0 heterocycles. The first-order chi connectivity index (χ1) is 9.63. The van der Waals surface area contributed by atoms with Crippen molar-refractivity contribution in [3.05, 3.63) is 53.3 Å². The van der Waals surface area contributed by atoms with E-state index in [0.717, 1.165) is 10.5 Å². The van der Waals surface area contributed by atoms with Crippen LogP contribution in [0.3, 0.4) is 0 Å². The lowest BCUT2D eigenvalue weighted by Crippen LogP contribution is -1.92. The lowest BCUT2D eigenvalue weighted by molar-refractivity contribution is 0.405. The highest BCUT2D eigenvalue weighted by Gasteiger charge is 2.08. The molecule has 0 atom stereocenters. The van der Waals surface area contributed by atoms with E-state index in [1.807, 2.05) is 12.1 Å². The Morgan fingerprint density at radius 1 is 1.30 bits per heavy atom. The largest absolute Gasteiger partial charge is 0.496 e. The number of benzene rings is 2. The first kappa shape index (κ1) is 14.2. The summed E-state index contributed by atoms with van der Waals surface area (Å²) >= 11 is 1.51. The summed E-state index contributed by atoms with van der Waals surface area (Å²) in [4.78, 5) is 0.926. The molecule has 0 spiro atoms. The second-order valence-corrected chi connectivity index (χ2v) is 5.13. The number of rotatable bonds is 4. The SMILES string of the molecule is COc1cc(N)ccc1SCc1ccc(F)cc1C#N. The van der Waals surface area contributed by atoms with E-state index in [0.29, 0.717) is 22.8 Å². The van der Waals surface area contributed by atoms with Gasteiger partial charge in [-0.05, 0) is 29.8 Å². The topological polar surface area (TPSA) is 59.0 Å². The highest BCUT2D eigenvalue weighted by molar-refractivity contribution is 7.98. The summed E-state index contributed by atoms with van der Waals surface area (Å²) < 4.78 is 18.3. The summed E-state index contributed by atoms with van der Waals surface area (Å²) in [6, 6.07) is 11.6. The summed E-state index contributed by atoms with van der Waals surface area (Å²) in [6.07, 6.45) is 0. The standard InChI is InChI=1S/C15H13FN2OS/c1-19-14-7-13(18)4-5-15(14)20-9-10-2-3-12(16)6-11(10)8-17/h2-7H,9,18H2,1H3. The van der Waals surface area contributed by atoms with Gasteiger partial charge in [-0.1, -0.05) is 6.07 Å². The summed E-state index contributed by atoms with van der Waals surface area (Å²) in [6.45, 7) is 0. The van der Waals surface area contributed by atoms with Crippen LogP contribution in [0, 0.1) is 17.1 Å². The molecule has 0 aliphatic rings. The summed E-state index contributed by atoms with van der Waals surface area (Å²) in [7, 11) is 1.58. The minimum atomic E-state index is -0.402. The van der Waals surface area contributed by atoms with E-state index in [2.05, 4.69) is 0 Å². The molecule has 102 valence electrons. The Morgan fingerprint density at radius 3 is 2.80 bits per heavy atom. The van der Waals surface area contributed by atoms with E-state index in [-0.39, 0.29) is 0 Å². The predicted molar refractivity (Wildman–Crippen MR) is 78.1 cm³/mol. The maximum Gasteiger partial charge on any atom is 0.134 e. The highest BCUT2D eigenvalue weighted by atomic mass is 32.2. The van der Waals surface area contributed by atoms with E-state index in [1.165, 1.54) is 23.9 Å². The van der Waals surface area contributed by atoms with E-state index in [1.54, 1.807) is 25.3 Å². The first-order valence-electron chi connectivity index (χ1n) is 5.89. The molecular formula is C15H13FN2OS. The molecule has 0 aliphatic heterocycles. The van der Waals surface area contributed by atoms with Gasteiger partial charge in [0.25, 0.3) is 0 Å². The Kier molecular flexibility index (Phi) is 4.49.